The molecule has 0 aliphatic heterocycles. The van der Waals surface area contributed by atoms with E-state index in [1.54, 1.807) is 0 Å². The molecule has 1 unspecified atom stereocenters. The maximum Gasteiger partial charge on any atom is 0.417 e. The Morgan fingerprint density at radius 1 is 1.23 bits per heavy atom. The molecule has 0 saturated heterocycles. The van der Waals surface area contributed by atoms with Crippen molar-refractivity contribution in [2.24, 2.45) is 0 Å². The lowest BCUT2D eigenvalue weighted by Gasteiger charge is -2.28. The minimum Gasteiger partial charge on any atom is -0.380 e. The standard InChI is InChI=1S/C8H10F4O/c1-2-4-7(13,5-3-6-9)8(10,11)12/h2-3,6,13H,1,4-5H2. The molecule has 76 valence electrons. The van der Waals surface area contributed by atoms with E-state index in [1.165, 1.54) is 0 Å². The summed E-state index contributed by atoms with van der Waals surface area (Å²) in [6.07, 6.45) is -4.70. The van der Waals surface area contributed by atoms with Crippen molar-refractivity contribution < 1.29 is 22.7 Å². The van der Waals surface area contributed by atoms with Crippen molar-refractivity contribution in [3.05, 3.63) is 25.1 Å². The van der Waals surface area contributed by atoms with Crippen LogP contribution in [0, 0.1) is 0 Å². The van der Waals surface area contributed by atoms with E-state index in [9.17, 15) is 17.6 Å². The van der Waals surface area contributed by atoms with Crippen LogP contribution in [-0.4, -0.2) is 16.9 Å². The van der Waals surface area contributed by atoms with Crippen LogP contribution in [0.15, 0.2) is 25.1 Å². The second-order valence-corrected chi connectivity index (χ2v) is 2.59. The summed E-state index contributed by atoms with van der Waals surface area (Å²) < 4.78 is 47.9. The summed E-state index contributed by atoms with van der Waals surface area (Å²) in [6, 6.07) is 0. The van der Waals surface area contributed by atoms with Crippen LogP contribution in [0.5, 0.6) is 0 Å². The predicted molar refractivity (Wildman–Crippen MR) is 40.7 cm³/mol. The Hall–Kier alpha value is -0.840. The molecular weight excluding hydrogens is 188 g/mol. The summed E-state index contributed by atoms with van der Waals surface area (Å²) in [7, 11) is 0. The third-order valence-corrected chi connectivity index (χ3v) is 1.55. The van der Waals surface area contributed by atoms with Crippen LogP contribution in [0.25, 0.3) is 0 Å². The number of rotatable bonds is 4. The zero-order valence-corrected chi connectivity index (χ0v) is 6.81. The molecule has 0 aromatic rings. The molecule has 1 atom stereocenters. The van der Waals surface area contributed by atoms with Crippen molar-refractivity contribution in [1.82, 2.24) is 0 Å². The van der Waals surface area contributed by atoms with Crippen molar-refractivity contribution >= 4 is 0 Å². The smallest absolute Gasteiger partial charge is 0.380 e. The van der Waals surface area contributed by atoms with Gasteiger partial charge in [0, 0.05) is 12.8 Å². The molecule has 0 bridgehead atoms. The Morgan fingerprint density at radius 3 is 2.08 bits per heavy atom. The highest BCUT2D eigenvalue weighted by Crippen LogP contribution is 2.36. The van der Waals surface area contributed by atoms with E-state index in [2.05, 4.69) is 6.58 Å². The molecule has 0 aromatic carbocycles. The van der Waals surface area contributed by atoms with E-state index in [0.717, 1.165) is 6.08 Å². The van der Waals surface area contributed by atoms with E-state index in [0.29, 0.717) is 6.08 Å². The summed E-state index contributed by atoms with van der Waals surface area (Å²) in [4.78, 5) is 0. The molecule has 13 heavy (non-hydrogen) atoms. The quantitative estimate of drug-likeness (QED) is 0.544. The van der Waals surface area contributed by atoms with Gasteiger partial charge in [-0.25, -0.2) is 4.39 Å². The molecule has 0 heterocycles. The van der Waals surface area contributed by atoms with Gasteiger partial charge in [-0.3, -0.25) is 0 Å². The maximum absolute atomic E-state index is 12.2. The first-order valence-electron chi connectivity index (χ1n) is 3.52. The minimum absolute atomic E-state index is 0.0280. The van der Waals surface area contributed by atoms with Gasteiger partial charge in [-0.2, -0.15) is 13.2 Å². The van der Waals surface area contributed by atoms with Gasteiger partial charge < -0.3 is 5.11 Å². The second-order valence-electron chi connectivity index (χ2n) is 2.59. The van der Waals surface area contributed by atoms with Crippen LogP contribution in [0.4, 0.5) is 17.6 Å². The average molecular weight is 198 g/mol. The number of hydrogen-bond donors (Lipinski definition) is 1. The van der Waals surface area contributed by atoms with Crippen LogP contribution < -0.4 is 0 Å². The number of hydrogen-bond acceptors (Lipinski definition) is 1. The van der Waals surface area contributed by atoms with Gasteiger partial charge in [0.05, 0.1) is 6.33 Å². The molecule has 0 radical (unpaired) electrons. The lowest BCUT2D eigenvalue weighted by Crippen LogP contribution is -2.44. The molecular formula is C8H10F4O. The van der Waals surface area contributed by atoms with Crippen LogP contribution >= 0.6 is 0 Å². The highest BCUT2D eigenvalue weighted by Gasteiger charge is 2.51. The third-order valence-electron chi connectivity index (χ3n) is 1.55. The van der Waals surface area contributed by atoms with E-state index < -0.39 is 24.6 Å². The fraction of sp³-hybridized carbons (Fsp3) is 0.500. The maximum atomic E-state index is 12.2. The first-order valence-corrected chi connectivity index (χ1v) is 3.52. The molecule has 0 saturated carbocycles. The van der Waals surface area contributed by atoms with Gasteiger partial charge in [0.2, 0.25) is 0 Å². The SMILES string of the molecule is C=CCC(O)(CC=CF)C(F)(F)F. The van der Waals surface area contributed by atoms with Crippen LogP contribution in [-0.2, 0) is 0 Å². The second kappa shape index (κ2) is 4.41. The van der Waals surface area contributed by atoms with Crippen LogP contribution in [0.2, 0.25) is 0 Å². The Morgan fingerprint density at radius 2 is 1.77 bits per heavy atom. The minimum atomic E-state index is -4.78. The highest BCUT2D eigenvalue weighted by atomic mass is 19.4. The van der Waals surface area contributed by atoms with Crippen molar-refractivity contribution in [3.63, 3.8) is 0 Å². The lowest BCUT2D eigenvalue weighted by molar-refractivity contribution is -0.257. The Bertz CT molecular complexity index is 197. The van der Waals surface area contributed by atoms with Crippen molar-refractivity contribution in [2.45, 2.75) is 24.6 Å². The predicted octanol–water partition coefficient (Wildman–Crippen LogP) is 2.73. The van der Waals surface area contributed by atoms with E-state index >= 15 is 0 Å². The summed E-state index contributed by atoms with van der Waals surface area (Å²) in [6.45, 7) is 3.09. The normalized spacial score (nSPS) is 17.3. The monoisotopic (exact) mass is 198 g/mol. The molecule has 0 fully saturated rings. The van der Waals surface area contributed by atoms with Gasteiger partial charge in [-0.15, -0.1) is 6.58 Å². The van der Waals surface area contributed by atoms with E-state index in [1.807, 2.05) is 0 Å². The molecule has 0 aliphatic carbocycles. The lowest BCUT2D eigenvalue weighted by atomic mass is 9.95. The zero-order valence-electron chi connectivity index (χ0n) is 6.81. The van der Waals surface area contributed by atoms with Gasteiger partial charge in [0.15, 0.2) is 5.60 Å². The summed E-state index contributed by atoms with van der Waals surface area (Å²) in [5.41, 5.74) is -2.91. The molecule has 1 N–H and O–H groups in total. The molecule has 0 amide bonds. The topological polar surface area (TPSA) is 20.2 Å². The average Bonchev–Trinajstić information content (AvgIpc) is 1.99. The van der Waals surface area contributed by atoms with Gasteiger partial charge >= 0.3 is 6.18 Å². The molecule has 0 rings (SSSR count). The van der Waals surface area contributed by atoms with Gasteiger partial charge in [0.25, 0.3) is 0 Å². The highest BCUT2D eigenvalue weighted by molar-refractivity contribution is 4.97. The number of halogens is 4. The fourth-order valence-electron chi connectivity index (χ4n) is 0.793. The Balaban J connectivity index is 4.61. The van der Waals surface area contributed by atoms with Gasteiger partial charge in [-0.1, -0.05) is 12.2 Å². The fourth-order valence-corrected chi connectivity index (χ4v) is 0.793. The number of aliphatic hydroxyl groups is 1. The van der Waals surface area contributed by atoms with Crippen LogP contribution in [0.3, 0.4) is 0 Å². The van der Waals surface area contributed by atoms with Crippen molar-refractivity contribution in [2.75, 3.05) is 0 Å². The van der Waals surface area contributed by atoms with Crippen molar-refractivity contribution in [3.8, 4) is 0 Å². The molecule has 0 aliphatic rings. The first kappa shape index (κ1) is 12.2. The number of alkyl halides is 3. The molecule has 5 heteroatoms. The molecule has 1 nitrogen and oxygen atoms in total. The Kier molecular flexibility index (Phi) is 4.13. The van der Waals surface area contributed by atoms with Gasteiger partial charge in [-0.05, 0) is 0 Å². The first-order chi connectivity index (χ1) is 5.87. The van der Waals surface area contributed by atoms with Gasteiger partial charge in [0.1, 0.15) is 0 Å². The van der Waals surface area contributed by atoms with Crippen LogP contribution in [0.1, 0.15) is 12.8 Å². The Labute approximate surface area is 73.4 Å². The largest absolute Gasteiger partial charge is 0.417 e. The van der Waals surface area contributed by atoms with E-state index in [-0.39, 0.29) is 6.33 Å². The van der Waals surface area contributed by atoms with E-state index in [4.69, 9.17) is 5.11 Å². The summed E-state index contributed by atoms with van der Waals surface area (Å²) in [5.74, 6) is 0. The summed E-state index contributed by atoms with van der Waals surface area (Å²) in [5, 5.41) is 9.06. The zero-order chi connectivity index (χ0) is 10.5. The van der Waals surface area contributed by atoms with Crippen molar-refractivity contribution in [1.29, 1.82) is 0 Å². The summed E-state index contributed by atoms with van der Waals surface area (Å²) >= 11 is 0. The third kappa shape index (κ3) is 3.18. The molecule has 0 spiro atoms. The molecule has 0 aromatic heterocycles.